The van der Waals surface area contributed by atoms with Gasteiger partial charge in [-0.25, -0.2) is 0 Å². The molecule has 1 aromatic heterocycles. The number of aryl methyl sites for hydroxylation is 1. The van der Waals surface area contributed by atoms with Crippen LogP contribution in [0.4, 0.5) is 5.69 Å². The highest BCUT2D eigenvalue weighted by molar-refractivity contribution is 5.95. The molecule has 0 fully saturated rings. The molecule has 0 spiro atoms. The molecule has 1 atom stereocenters. The van der Waals surface area contributed by atoms with E-state index in [-0.39, 0.29) is 23.2 Å². The van der Waals surface area contributed by atoms with Crippen LogP contribution in [0.5, 0.6) is 5.75 Å². The van der Waals surface area contributed by atoms with Gasteiger partial charge in [0.15, 0.2) is 0 Å². The summed E-state index contributed by atoms with van der Waals surface area (Å²) in [5.41, 5.74) is 2.57. The Morgan fingerprint density at radius 2 is 1.97 bits per heavy atom. The molecule has 0 aliphatic carbocycles. The predicted octanol–water partition coefficient (Wildman–Crippen LogP) is 4.37. The van der Waals surface area contributed by atoms with Gasteiger partial charge in [0.1, 0.15) is 12.4 Å². The van der Waals surface area contributed by atoms with Gasteiger partial charge < -0.3 is 10.1 Å². The molecule has 0 saturated carbocycles. The Balaban J connectivity index is 1.61. The quantitative estimate of drug-likeness (QED) is 0.477. The smallest absolute Gasteiger partial charge is 0.273 e. The average Bonchev–Trinajstić information content (AvgIpc) is 2.73. The van der Waals surface area contributed by atoms with Crippen molar-refractivity contribution < 1.29 is 14.5 Å². The maximum atomic E-state index is 12.5. The molecule has 2 aromatic carbocycles. The largest absolute Gasteiger partial charge is 0.489 e. The third-order valence-electron chi connectivity index (χ3n) is 4.52. The molecule has 1 N–H and O–H groups in total. The highest BCUT2D eigenvalue weighted by Crippen LogP contribution is 2.21. The number of hydrogen-bond donors (Lipinski definition) is 1. The lowest BCUT2D eigenvalue weighted by atomic mass is 10.1. The van der Waals surface area contributed by atoms with Gasteiger partial charge in [-0.2, -0.15) is 0 Å². The molecule has 1 heterocycles. The fourth-order valence-electron chi connectivity index (χ4n) is 2.81. The number of nitrogens with one attached hydrogen (secondary N) is 1. The maximum Gasteiger partial charge on any atom is 0.273 e. The molecule has 1 unspecified atom stereocenters. The first-order valence-corrected chi connectivity index (χ1v) is 9.11. The van der Waals surface area contributed by atoms with Crippen LogP contribution in [0.1, 0.15) is 40.0 Å². The average molecular weight is 391 g/mol. The van der Waals surface area contributed by atoms with Crippen LogP contribution in [0, 0.1) is 17.0 Å². The van der Waals surface area contributed by atoms with Crippen LogP contribution in [0.3, 0.4) is 0 Å². The second-order valence-corrected chi connectivity index (χ2v) is 6.67. The van der Waals surface area contributed by atoms with E-state index in [0.29, 0.717) is 17.9 Å². The number of ether oxygens (including phenoxy) is 1. The molecule has 29 heavy (non-hydrogen) atoms. The van der Waals surface area contributed by atoms with E-state index in [9.17, 15) is 14.9 Å². The number of amides is 1. The van der Waals surface area contributed by atoms with Crippen LogP contribution in [0.25, 0.3) is 0 Å². The van der Waals surface area contributed by atoms with E-state index in [1.54, 1.807) is 31.5 Å². The lowest BCUT2D eigenvalue weighted by Crippen LogP contribution is -2.26. The highest BCUT2D eigenvalue weighted by Gasteiger charge is 2.17. The summed E-state index contributed by atoms with van der Waals surface area (Å²) < 4.78 is 5.73. The lowest BCUT2D eigenvalue weighted by molar-refractivity contribution is -0.385. The molecule has 3 rings (SSSR count). The Bertz CT molecular complexity index is 1000. The molecule has 1 amide bonds. The minimum absolute atomic E-state index is 0.0691. The molecular weight excluding hydrogens is 370 g/mol. The van der Waals surface area contributed by atoms with E-state index in [2.05, 4.69) is 10.3 Å². The van der Waals surface area contributed by atoms with E-state index in [0.717, 1.165) is 11.1 Å². The number of nitro groups is 1. The molecule has 7 heteroatoms. The summed E-state index contributed by atoms with van der Waals surface area (Å²) in [6.45, 7) is 3.91. The SMILES string of the molecule is Cc1ccc(C(=O)NC(C)c2ccc(OCc3cccnc3)cc2)cc1[N+](=O)[O-]. The number of aromatic nitrogens is 1. The summed E-state index contributed by atoms with van der Waals surface area (Å²) in [6, 6.07) is 15.4. The van der Waals surface area contributed by atoms with Gasteiger partial charge in [0, 0.05) is 35.2 Å². The van der Waals surface area contributed by atoms with Crippen molar-refractivity contribution in [2.45, 2.75) is 26.5 Å². The summed E-state index contributed by atoms with van der Waals surface area (Å²) in [5, 5.41) is 13.9. The summed E-state index contributed by atoms with van der Waals surface area (Å²) >= 11 is 0. The van der Waals surface area contributed by atoms with Crippen molar-refractivity contribution in [3.63, 3.8) is 0 Å². The van der Waals surface area contributed by atoms with Crippen molar-refractivity contribution in [1.29, 1.82) is 0 Å². The summed E-state index contributed by atoms with van der Waals surface area (Å²) in [4.78, 5) is 27.1. The number of carbonyl (C=O) groups excluding carboxylic acids is 1. The topological polar surface area (TPSA) is 94.4 Å². The number of nitrogens with zero attached hydrogens (tertiary/aromatic N) is 2. The zero-order valence-electron chi connectivity index (χ0n) is 16.2. The Morgan fingerprint density at radius 3 is 2.62 bits per heavy atom. The number of pyridine rings is 1. The minimum Gasteiger partial charge on any atom is -0.489 e. The van der Waals surface area contributed by atoms with Crippen molar-refractivity contribution in [2.75, 3.05) is 0 Å². The molecule has 0 saturated heterocycles. The first-order chi connectivity index (χ1) is 13.9. The fraction of sp³-hybridized carbons (Fsp3) is 0.182. The van der Waals surface area contributed by atoms with Gasteiger partial charge in [0.2, 0.25) is 0 Å². The number of nitro benzene ring substituents is 1. The number of benzene rings is 2. The Kier molecular flexibility index (Phi) is 6.19. The minimum atomic E-state index is -0.486. The van der Waals surface area contributed by atoms with Gasteiger partial charge in [0.05, 0.1) is 11.0 Å². The molecule has 7 nitrogen and oxygen atoms in total. The van der Waals surface area contributed by atoms with Crippen LogP contribution >= 0.6 is 0 Å². The van der Waals surface area contributed by atoms with Gasteiger partial charge in [-0.05, 0) is 43.7 Å². The van der Waals surface area contributed by atoms with E-state index < -0.39 is 4.92 Å². The molecule has 0 aliphatic rings. The van der Waals surface area contributed by atoms with Crippen LogP contribution in [0.2, 0.25) is 0 Å². The summed E-state index contributed by atoms with van der Waals surface area (Å²) in [6.07, 6.45) is 3.46. The lowest BCUT2D eigenvalue weighted by Gasteiger charge is -2.15. The van der Waals surface area contributed by atoms with Crippen molar-refractivity contribution in [1.82, 2.24) is 10.3 Å². The van der Waals surface area contributed by atoms with Gasteiger partial charge in [-0.15, -0.1) is 0 Å². The van der Waals surface area contributed by atoms with Crippen LogP contribution < -0.4 is 10.1 Å². The Morgan fingerprint density at radius 1 is 1.21 bits per heavy atom. The van der Waals surface area contributed by atoms with Crippen molar-refractivity contribution >= 4 is 11.6 Å². The third-order valence-corrected chi connectivity index (χ3v) is 4.52. The monoisotopic (exact) mass is 391 g/mol. The van der Waals surface area contributed by atoms with E-state index >= 15 is 0 Å². The van der Waals surface area contributed by atoms with Crippen LogP contribution in [0.15, 0.2) is 67.0 Å². The van der Waals surface area contributed by atoms with Gasteiger partial charge in [-0.3, -0.25) is 19.9 Å². The standard InChI is InChI=1S/C22H21N3O4/c1-15-5-6-19(12-21(15)25(27)28)22(26)24-16(2)18-7-9-20(10-8-18)29-14-17-4-3-11-23-13-17/h3-13,16H,14H2,1-2H3,(H,24,26). The molecule has 0 bridgehead atoms. The van der Waals surface area contributed by atoms with Crippen molar-refractivity contribution in [3.8, 4) is 5.75 Å². The van der Waals surface area contributed by atoms with Gasteiger partial charge >= 0.3 is 0 Å². The predicted molar refractivity (Wildman–Crippen MR) is 109 cm³/mol. The van der Waals surface area contributed by atoms with E-state index in [4.69, 9.17) is 4.74 Å². The number of hydrogen-bond acceptors (Lipinski definition) is 5. The number of carbonyl (C=O) groups is 1. The normalized spacial score (nSPS) is 11.5. The van der Waals surface area contributed by atoms with Crippen molar-refractivity contribution in [2.24, 2.45) is 0 Å². The Hall–Kier alpha value is -3.74. The zero-order chi connectivity index (χ0) is 20.8. The molecule has 148 valence electrons. The summed E-state index contributed by atoms with van der Waals surface area (Å²) in [7, 11) is 0. The zero-order valence-corrected chi connectivity index (χ0v) is 16.2. The van der Waals surface area contributed by atoms with E-state index in [1.807, 2.05) is 43.3 Å². The fourth-order valence-corrected chi connectivity index (χ4v) is 2.81. The second kappa shape index (κ2) is 8.97. The first-order valence-electron chi connectivity index (χ1n) is 9.11. The van der Waals surface area contributed by atoms with Crippen LogP contribution in [-0.4, -0.2) is 15.8 Å². The van der Waals surface area contributed by atoms with E-state index in [1.165, 1.54) is 6.07 Å². The first kappa shape index (κ1) is 20.0. The molecular formula is C22H21N3O4. The maximum absolute atomic E-state index is 12.5. The van der Waals surface area contributed by atoms with Crippen LogP contribution in [-0.2, 0) is 6.61 Å². The third kappa shape index (κ3) is 5.16. The molecule has 3 aromatic rings. The Labute approximate surface area is 168 Å². The number of rotatable bonds is 7. The second-order valence-electron chi connectivity index (χ2n) is 6.67. The summed E-state index contributed by atoms with van der Waals surface area (Å²) in [5.74, 6) is 0.350. The molecule has 0 radical (unpaired) electrons. The van der Waals surface area contributed by atoms with Gasteiger partial charge in [-0.1, -0.05) is 24.3 Å². The van der Waals surface area contributed by atoms with Crippen molar-refractivity contribution in [3.05, 3.63) is 99.4 Å². The van der Waals surface area contributed by atoms with Gasteiger partial charge in [0.25, 0.3) is 11.6 Å². The molecule has 0 aliphatic heterocycles. The highest BCUT2D eigenvalue weighted by atomic mass is 16.6.